The molecule has 1 aromatic heterocycles. The van der Waals surface area contributed by atoms with E-state index in [1.807, 2.05) is 0 Å². The minimum atomic E-state index is -3.18. The summed E-state index contributed by atoms with van der Waals surface area (Å²) in [6.07, 6.45) is 4.20. The van der Waals surface area contributed by atoms with E-state index in [9.17, 15) is 8.42 Å². The number of pyridine rings is 1. The van der Waals surface area contributed by atoms with Crippen LogP contribution in [0.2, 0.25) is 0 Å². The number of nitrogens with zero attached hydrogens (tertiary/aromatic N) is 1. The monoisotopic (exact) mass is 183 g/mol. The van der Waals surface area contributed by atoms with E-state index >= 15 is 0 Å². The smallest absolute Gasteiger partial charge is 0.175 e. The molecule has 4 heteroatoms. The Morgan fingerprint density at radius 2 is 1.92 bits per heavy atom. The Labute approximate surface area is 71.7 Å². The number of aromatic nitrogens is 1. The zero-order valence-electron chi connectivity index (χ0n) is 6.69. The van der Waals surface area contributed by atoms with E-state index < -0.39 is 9.84 Å². The molecule has 0 atom stereocenters. The Kier molecular flexibility index (Phi) is 2.28. The molecule has 0 amide bonds. The first-order chi connectivity index (χ1) is 5.52. The molecule has 0 N–H and O–H groups in total. The number of hydrogen-bond acceptors (Lipinski definition) is 3. The fourth-order valence-electron chi connectivity index (χ4n) is 0.752. The van der Waals surface area contributed by atoms with Crippen molar-refractivity contribution in [1.29, 1.82) is 0 Å². The first-order valence-electron chi connectivity index (χ1n) is 3.31. The predicted molar refractivity (Wildman–Crippen MR) is 48.1 cm³/mol. The Balaban J connectivity index is 3.11. The van der Waals surface area contributed by atoms with Crippen LogP contribution < -0.4 is 0 Å². The standard InChI is InChI=1S/C8H9NO2S/c1-7(12(2,10)11)8-3-5-9-6-4-8/h3-6H,1H2,2H3. The van der Waals surface area contributed by atoms with Gasteiger partial charge in [-0.1, -0.05) is 6.58 Å². The molecule has 3 nitrogen and oxygen atoms in total. The maximum atomic E-state index is 11.0. The molecule has 12 heavy (non-hydrogen) atoms. The summed E-state index contributed by atoms with van der Waals surface area (Å²) in [5.41, 5.74) is 0.590. The first kappa shape index (κ1) is 8.93. The summed E-state index contributed by atoms with van der Waals surface area (Å²) in [6.45, 7) is 3.48. The van der Waals surface area contributed by atoms with Crippen LogP contribution in [0, 0.1) is 0 Å². The largest absolute Gasteiger partial charge is 0.265 e. The van der Waals surface area contributed by atoms with Crippen LogP contribution in [0.25, 0.3) is 4.91 Å². The molecule has 0 bridgehead atoms. The van der Waals surface area contributed by atoms with Crippen molar-refractivity contribution < 1.29 is 8.42 Å². The molecule has 0 spiro atoms. The van der Waals surface area contributed by atoms with Crippen molar-refractivity contribution in [3.63, 3.8) is 0 Å². The Bertz CT molecular complexity index is 381. The average Bonchev–Trinajstić information content (AvgIpc) is 2.03. The van der Waals surface area contributed by atoms with Crippen molar-refractivity contribution in [1.82, 2.24) is 4.98 Å². The number of rotatable bonds is 2. The van der Waals surface area contributed by atoms with Crippen LogP contribution in [0.3, 0.4) is 0 Å². The Hall–Kier alpha value is -1.16. The lowest BCUT2D eigenvalue weighted by molar-refractivity contribution is 0.611. The van der Waals surface area contributed by atoms with E-state index in [-0.39, 0.29) is 4.91 Å². The van der Waals surface area contributed by atoms with Crippen LogP contribution in [-0.2, 0) is 9.84 Å². The molecular formula is C8H9NO2S. The summed E-state index contributed by atoms with van der Waals surface area (Å²) in [5.74, 6) is 0. The molecule has 0 fully saturated rings. The summed E-state index contributed by atoms with van der Waals surface area (Å²) in [5, 5.41) is 0. The lowest BCUT2D eigenvalue weighted by Crippen LogP contribution is -1.98. The minimum absolute atomic E-state index is 0.130. The van der Waals surface area contributed by atoms with Gasteiger partial charge < -0.3 is 0 Å². The van der Waals surface area contributed by atoms with Crippen molar-refractivity contribution in [3.8, 4) is 0 Å². The highest BCUT2D eigenvalue weighted by Crippen LogP contribution is 2.15. The van der Waals surface area contributed by atoms with Gasteiger partial charge in [-0.15, -0.1) is 0 Å². The highest BCUT2D eigenvalue weighted by molar-refractivity contribution is 7.99. The highest BCUT2D eigenvalue weighted by Gasteiger charge is 2.09. The zero-order valence-corrected chi connectivity index (χ0v) is 7.50. The minimum Gasteiger partial charge on any atom is -0.265 e. The van der Waals surface area contributed by atoms with Crippen molar-refractivity contribution in [3.05, 3.63) is 36.7 Å². The second-order valence-corrected chi connectivity index (χ2v) is 4.47. The highest BCUT2D eigenvalue weighted by atomic mass is 32.2. The van der Waals surface area contributed by atoms with Gasteiger partial charge in [0.15, 0.2) is 9.84 Å². The van der Waals surface area contributed by atoms with Crippen LogP contribution in [0.15, 0.2) is 31.1 Å². The fourth-order valence-corrected chi connectivity index (χ4v) is 1.32. The summed E-state index contributed by atoms with van der Waals surface area (Å²) >= 11 is 0. The van der Waals surface area contributed by atoms with Gasteiger partial charge in [-0.25, -0.2) is 8.42 Å². The van der Waals surface area contributed by atoms with Crippen LogP contribution in [0.1, 0.15) is 5.56 Å². The molecule has 0 unspecified atom stereocenters. The summed E-state index contributed by atoms with van der Waals surface area (Å²) in [7, 11) is -3.18. The maximum Gasteiger partial charge on any atom is 0.175 e. The van der Waals surface area contributed by atoms with E-state index in [1.165, 1.54) is 12.4 Å². The van der Waals surface area contributed by atoms with Crippen molar-refractivity contribution in [2.24, 2.45) is 0 Å². The molecule has 0 saturated heterocycles. The van der Waals surface area contributed by atoms with Gasteiger partial charge >= 0.3 is 0 Å². The van der Waals surface area contributed by atoms with Crippen LogP contribution in [0.5, 0.6) is 0 Å². The molecule has 0 saturated carbocycles. The topological polar surface area (TPSA) is 47.0 Å². The fraction of sp³-hybridized carbons (Fsp3) is 0.125. The van der Waals surface area contributed by atoms with Crippen molar-refractivity contribution >= 4 is 14.7 Å². The molecular weight excluding hydrogens is 174 g/mol. The van der Waals surface area contributed by atoms with Gasteiger partial charge in [-0.2, -0.15) is 0 Å². The first-order valence-corrected chi connectivity index (χ1v) is 5.20. The van der Waals surface area contributed by atoms with Crippen molar-refractivity contribution in [2.45, 2.75) is 0 Å². The molecule has 0 aliphatic carbocycles. The molecule has 0 aromatic carbocycles. The van der Waals surface area contributed by atoms with E-state index in [0.29, 0.717) is 5.56 Å². The third-order valence-corrected chi connectivity index (χ3v) is 2.58. The van der Waals surface area contributed by atoms with E-state index in [0.717, 1.165) is 6.26 Å². The molecule has 0 radical (unpaired) electrons. The van der Waals surface area contributed by atoms with Gasteiger partial charge in [0, 0.05) is 18.6 Å². The number of hydrogen-bond donors (Lipinski definition) is 0. The van der Waals surface area contributed by atoms with E-state index in [1.54, 1.807) is 12.1 Å². The van der Waals surface area contributed by atoms with Gasteiger partial charge in [0.1, 0.15) is 0 Å². The summed E-state index contributed by atoms with van der Waals surface area (Å²) in [6, 6.07) is 3.23. The molecule has 1 rings (SSSR count). The molecule has 0 aliphatic heterocycles. The van der Waals surface area contributed by atoms with Crippen LogP contribution >= 0.6 is 0 Å². The summed E-state index contributed by atoms with van der Waals surface area (Å²) in [4.78, 5) is 3.90. The predicted octanol–water partition coefficient (Wildman–Crippen LogP) is 1.10. The lowest BCUT2D eigenvalue weighted by Gasteiger charge is -2.00. The van der Waals surface area contributed by atoms with Crippen molar-refractivity contribution in [2.75, 3.05) is 6.26 Å². The van der Waals surface area contributed by atoms with Gasteiger partial charge in [0.05, 0.1) is 4.91 Å². The lowest BCUT2D eigenvalue weighted by atomic mass is 10.3. The molecule has 64 valence electrons. The molecule has 0 aliphatic rings. The van der Waals surface area contributed by atoms with Crippen LogP contribution in [0.4, 0.5) is 0 Å². The third kappa shape index (κ3) is 1.92. The second kappa shape index (κ2) is 3.06. The average molecular weight is 183 g/mol. The Morgan fingerprint density at radius 1 is 1.42 bits per heavy atom. The van der Waals surface area contributed by atoms with Crippen LogP contribution in [-0.4, -0.2) is 19.7 Å². The zero-order chi connectivity index (χ0) is 9.19. The van der Waals surface area contributed by atoms with Gasteiger partial charge in [-0.3, -0.25) is 4.98 Å². The quantitative estimate of drug-likeness (QED) is 0.689. The van der Waals surface area contributed by atoms with Gasteiger partial charge in [0.25, 0.3) is 0 Å². The van der Waals surface area contributed by atoms with E-state index in [2.05, 4.69) is 11.6 Å². The molecule has 1 aromatic rings. The summed E-state index contributed by atoms with van der Waals surface area (Å²) < 4.78 is 22.0. The third-order valence-electron chi connectivity index (χ3n) is 1.45. The van der Waals surface area contributed by atoms with E-state index in [4.69, 9.17) is 0 Å². The number of sulfone groups is 1. The Morgan fingerprint density at radius 3 is 2.33 bits per heavy atom. The molecule has 1 heterocycles. The second-order valence-electron chi connectivity index (χ2n) is 2.43. The SMILES string of the molecule is C=C(c1ccncc1)S(C)(=O)=O. The maximum absolute atomic E-state index is 11.0. The normalized spacial score (nSPS) is 11.1. The van der Waals surface area contributed by atoms with Gasteiger partial charge in [0.2, 0.25) is 0 Å². The van der Waals surface area contributed by atoms with Gasteiger partial charge in [-0.05, 0) is 17.7 Å².